The number of unbranched alkanes of at least 4 members (excludes halogenated alkanes) is 1. The number of hydrogen-bond acceptors (Lipinski definition) is 4. The van der Waals surface area contributed by atoms with Crippen molar-refractivity contribution in [1.29, 1.82) is 0 Å². The van der Waals surface area contributed by atoms with Gasteiger partial charge in [0.25, 0.3) is 0 Å². The van der Waals surface area contributed by atoms with Gasteiger partial charge in [0, 0.05) is 6.54 Å². The van der Waals surface area contributed by atoms with E-state index in [9.17, 15) is 0 Å². The fraction of sp³-hybridized carbons (Fsp3) is 0.800. The summed E-state index contributed by atoms with van der Waals surface area (Å²) in [6.07, 6.45) is 6.63. The first-order valence-electron chi connectivity index (χ1n) is 7.87. The summed E-state index contributed by atoms with van der Waals surface area (Å²) in [5, 5.41) is 4.50. The van der Waals surface area contributed by atoms with Crippen molar-refractivity contribution in [2.75, 3.05) is 20.6 Å². The van der Waals surface area contributed by atoms with Gasteiger partial charge >= 0.3 is 0 Å². The fourth-order valence-corrected chi connectivity index (χ4v) is 3.21. The summed E-state index contributed by atoms with van der Waals surface area (Å²) >= 11 is 3.64. The molecule has 0 aromatic carbocycles. The maximum atomic E-state index is 5.88. The second-order valence-corrected chi connectivity index (χ2v) is 6.71. The molecule has 2 unspecified atom stereocenters. The summed E-state index contributed by atoms with van der Waals surface area (Å²) in [5.74, 6) is 6.41. The van der Waals surface area contributed by atoms with E-state index in [1.54, 1.807) is 0 Å². The first kappa shape index (κ1) is 18.6. The average molecular weight is 360 g/mol. The van der Waals surface area contributed by atoms with Crippen molar-refractivity contribution < 1.29 is 0 Å². The summed E-state index contributed by atoms with van der Waals surface area (Å²) in [6.45, 7) is 6.30. The lowest BCUT2D eigenvalue weighted by Crippen LogP contribution is -2.36. The predicted molar refractivity (Wildman–Crippen MR) is 91.9 cm³/mol. The molecule has 2 atom stereocenters. The van der Waals surface area contributed by atoms with Gasteiger partial charge < -0.3 is 4.90 Å². The highest BCUT2D eigenvalue weighted by Crippen LogP contribution is 2.32. The normalized spacial score (nSPS) is 14.6. The lowest BCUT2D eigenvalue weighted by molar-refractivity contribution is 0.300. The van der Waals surface area contributed by atoms with E-state index in [2.05, 4.69) is 64.0 Å². The van der Waals surface area contributed by atoms with E-state index in [0.29, 0.717) is 5.92 Å². The Bertz CT molecular complexity index is 405. The molecule has 21 heavy (non-hydrogen) atoms. The van der Waals surface area contributed by atoms with Crippen molar-refractivity contribution >= 4 is 15.9 Å². The van der Waals surface area contributed by atoms with Crippen molar-refractivity contribution in [3.05, 3.63) is 16.4 Å². The van der Waals surface area contributed by atoms with Crippen LogP contribution in [-0.2, 0) is 6.54 Å². The Morgan fingerprint density at radius 2 is 2.14 bits per heavy atom. The second-order valence-electron chi connectivity index (χ2n) is 5.86. The van der Waals surface area contributed by atoms with E-state index in [0.717, 1.165) is 24.0 Å². The van der Waals surface area contributed by atoms with Gasteiger partial charge in [-0.2, -0.15) is 5.10 Å². The van der Waals surface area contributed by atoms with E-state index in [1.807, 2.05) is 6.20 Å². The first-order chi connectivity index (χ1) is 10.0. The molecule has 3 N–H and O–H groups in total. The van der Waals surface area contributed by atoms with Crippen LogP contribution >= 0.6 is 15.9 Å². The topological polar surface area (TPSA) is 59.1 Å². The molecule has 0 aliphatic rings. The number of hydrazine groups is 1. The van der Waals surface area contributed by atoms with Gasteiger partial charge in [-0.1, -0.05) is 33.1 Å². The van der Waals surface area contributed by atoms with Crippen LogP contribution in [0.3, 0.4) is 0 Å². The maximum absolute atomic E-state index is 5.88. The third kappa shape index (κ3) is 5.36. The zero-order valence-electron chi connectivity index (χ0n) is 13.8. The minimum Gasteiger partial charge on any atom is -0.308 e. The van der Waals surface area contributed by atoms with Crippen LogP contribution in [0, 0.1) is 5.92 Å². The number of nitrogens with zero attached hydrogens (tertiary/aromatic N) is 3. The van der Waals surface area contributed by atoms with Gasteiger partial charge in [0.2, 0.25) is 0 Å². The minimum atomic E-state index is 0.139. The number of hydrogen-bond donors (Lipinski definition) is 2. The van der Waals surface area contributed by atoms with Gasteiger partial charge in [0.15, 0.2) is 0 Å². The molecule has 0 saturated carbocycles. The van der Waals surface area contributed by atoms with Crippen LogP contribution in [0.1, 0.15) is 51.3 Å². The highest BCUT2D eigenvalue weighted by atomic mass is 79.9. The number of halogens is 1. The molecule has 122 valence electrons. The molecule has 0 radical (unpaired) electrons. The predicted octanol–water partition coefficient (Wildman–Crippen LogP) is 2.93. The number of nitrogens with one attached hydrogen (secondary N) is 1. The van der Waals surface area contributed by atoms with Crippen molar-refractivity contribution in [3.63, 3.8) is 0 Å². The molecule has 1 aromatic rings. The van der Waals surface area contributed by atoms with Gasteiger partial charge in [0.1, 0.15) is 0 Å². The highest BCUT2D eigenvalue weighted by molar-refractivity contribution is 9.10. The van der Waals surface area contributed by atoms with Gasteiger partial charge in [-0.05, 0) is 42.4 Å². The zero-order valence-corrected chi connectivity index (χ0v) is 15.4. The first-order valence-corrected chi connectivity index (χ1v) is 8.66. The SMILES string of the molecule is CCCCC(CC)C(NN)c1c(Br)cnn1CCN(C)C. The molecule has 0 saturated heterocycles. The zero-order chi connectivity index (χ0) is 15.8. The monoisotopic (exact) mass is 359 g/mol. The Balaban J connectivity index is 2.94. The van der Waals surface area contributed by atoms with Crippen LogP contribution in [0.25, 0.3) is 0 Å². The molecule has 0 bridgehead atoms. The Hall–Kier alpha value is -0.430. The minimum absolute atomic E-state index is 0.139. The van der Waals surface area contributed by atoms with E-state index < -0.39 is 0 Å². The molecule has 0 aliphatic carbocycles. The second kappa shape index (κ2) is 9.56. The Labute approximate surface area is 137 Å². The Morgan fingerprint density at radius 1 is 1.43 bits per heavy atom. The lowest BCUT2D eigenvalue weighted by atomic mass is 9.89. The fourth-order valence-electron chi connectivity index (χ4n) is 2.67. The molecule has 0 fully saturated rings. The summed E-state index contributed by atoms with van der Waals surface area (Å²) in [5.41, 5.74) is 4.20. The molecule has 0 amide bonds. The van der Waals surface area contributed by atoms with Crippen molar-refractivity contribution in [3.8, 4) is 0 Å². The molecular formula is C15H30BrN5. The Kier molecular flexibility index (Phi) is 8.48. The van der Waals surface area contributed by atoms with Crippen molar-refractivity contribution in [1.82, 2.24) is 20.1 Å². The van der Waals surface area contributed by atoms with Crippen LogP contribution in [0.2, 0.25) is 0 Å². The molecule has 0 spiro atoms. The molecule has 6 heteroatoms. The van der Waals surface area contributed by atoms with E-state index in [4.69, 9.17) is 5.84 Å². The summed E-state index contributed by atoms with van der Waals surface area (Å²) < 4.78 is 3.11. The molecular weight excluding hydrogens is 330 g/mol. The van der Waals surface area contributed by atoms with Crippen molar-refractivity contribution in [2.45, 2.75) is 52.1 Å². The smallest absolute Gasteiger partial charge is 0.0712 e. The van der Waals surface area contributed by atoms with Crippen LogP contribution in [-0.4, -0.2) is 35.3 Å². The number of rotatable bonds is 10. The third-order valence-electron chi connectivity index (χ3n) is 3.99. The molecule has 1 aromatic heterocycles. The van der Waals surface area contributed by atoms with Crippen LogP contribution in [0.15, 0.2) is 10.7 Å². The molecule has 5 nitrogen and oxygen atoms in total. The molecule has 0 aliphatic heterocycles. The molecule has 1 rings (SSSR count). The van der Waals surface area contributed by atoms with Crippen LogP contribution < -0.4 is 11.3 Å². The number of likely N-dealkylation sites (N-methyl/N-ethyl adjacent to an activating group) is 1. The van der Waals surface area contributed by atoms with Crippen molar-refractivity contribution in [2.24, 2.45) is 11.8 Å². The average Bonchev–Trinajstić information content (AvgIpc) is 2.82. The van der Waals surface area contributed by atoms with E-state index in [-0.39, 0.29) is 6.04 Å². The summed E-state index contributed by atoms with van der Waals surface area (Å²) in [7, 11) is 4.15. The van der Waals surface area contributed by atoms with Gasteiger partial charge in [-0.25, -0.2) is 0 Å². The summed E-state index contributed by atoms with van der Waals surface area (Å²) in [4.78, 5) is 2.17. The van der Waals surface area contributed by atoms with E-state index in [1.165, 1.54) is 25.0 Å². The third-order valence-corrected chi connectivity index (χ3v) is 4.60. The quantitative estimate of drug-likeness (QED) is 0.498. The van der Waals surface area contributed by atoms with Gasteiger partial charge in [-0.15, -0.1) is 0 Å². The largest absolute Gasteiger partial charge is 0.308 e. The number of aromatic nitrogens is 2. The number of nitrogens with two attached hydrogens (primary N) is 1. The maximum Gasteiger partial charge on any atom is 0.0712 e. The standard InChI is InChI=1S/C15H30BrN5/c1-5-7-8-12(6-2)14(19-17)15-13(16)11-18-21(15)10-9-20(3)4/h11-12,14,19H,5-10,17H2,1-4H3. The highest BCUT2D eigenvalue weighted by Gasteiger charge is 2.26. The molecule has 1 heterocycles. The van der Waals surface area contributed by atoms with Gasteiger partial charge in [0.05, 0.1) is 29.0 Å². The Morgan fingerprint density at radius 3 is 2.67 bits per heavy atom. The summed E-state index contributed by atoms with van der Waals surface area (Å²) in [6, 6.07) is 0.139. The van der Waals surface area contributed by atoms with E-state index >= 15 is 0 Å². The van der Waals surface area contributed by atoms with Crippen LogP contribution in [0.5, 0.6) is 0 Å². The lowest BCUT2D eigenvalue weighted by Gasteiger charge is -2.27. The van der Waals surface area contributed by atoms with Crippen LogP contribution in [0.4, 0.5) is 0 Å². The van der Waals surface area contributed by atoms with Gasteiger partial charge in [-0.3, -0.25) is 16.0 Å².